The largest absolute Gasteiger partial charge is 0.494 e. The van der Waals surface area contributed by atoms with Gasteiger partial charge in [0.1, 0.15) is 24.7 Å². The number of sulfonamides is 1. The molecule has 1 atom stereocenters. The number of carbonyl (C=O) groups is 1. The number of rotatable bonds is 10. The predicted octanol–water partition coefficient (Wildman–Crippen LogP) is 2.74. The van der Waals surface area contributed by atoms with E-state index in [4.69, 9.17) is 9.47 Å². The number of para-hydroxylation sites is 1. The van der Waals surface area contributed by atoms with E-state index in [0.29, 0.717) is 18.0 Å². The first-order valence-electron chi connectivity index (χ1n) is 9.39. The lowest BCUT2D eigenvalue weighted by Gasteiger charge is -2.23. The molecule has 1 N–H and O–H groups in total. The summed E-state index contributed by atoms with van der Waals surface area (Å²) in [5.74, 6) is 0.974. The second-order valence-corrected chi connectivity index (χ2v) is 8.65. The van der Waals surface area contributed by atoms with Crippen LogP contribution in [0.5, 0.6) is 11.5 Å². The van der Waals surface area contributed by atoms with Gasteiger partial charge in [0.05, 0.1) is 24.6 Å². The summed E-state index contributed by atoms with van der Waals surface area (Å²) >= 11 is 0. The smallest absolute Gasteiger partial charge is 0.241 e. The molecule has 29 heavy (non-hydrogen) atoms. The van der Waals surface area contributed by atoms with E-state index in [0.717, 1.165) is 21.9 Å². The number of carbonyl (C=O) groups excluding carboxylic acids is 1. The van der Waals surface area contributed by atoms with E-state index in [9.17, 15) is 13.2 Å². The summed E-state index contributed by atoms with van der Waals surface area (Å²) in [5, 5.41) is 2.78. The van der Waals surface area contributed by atoms with Crippen LogP contribution < -0.4 is 19.1 Å². The minimum atomic E-state index is -3.63. The van der Waals surface area contributed by atoms with Gasteiger partial charge >= 0.3 is 0 Å². The Morgan fingerprint density at radius 1 is 1.10 bits per heavy atom. The molecular formula is C21H28N2O5S. The van der Waals surface area contributed by atoms with Crippen molar-refractivity contribution in [3.8, 4) is 11.5 Å². The maximum absolute atomic E-state index is 12.4. The molecule has 2 rings (SSSR count). The molecule has 0 radical (unpaired) electrons. The van der Waals surface area contributed by atoms with Gasteiger partial charge in [-0.2, -0.15) is 0 Å². The Bertz CT molecular complexity index is 913. The zero-order valence-electron chi connectivity index (χ0n) is 17.2. The minimum Gasteiger partial charge on any atom is -0.494 e. The Hall–Kier alpha value is -2.74. The molecule has 7 nitrogen and oxygen atoms in total. The van der Waals surface area contributed by atoms with Crippen LogP contribution in [0.15, 0.2) is 48.5 Å². The second kappa shape index (κ2) is 10.2. The molecule has 0 fully saturated rings. The summed E-state index contributed by atoms with van der Waals surface area (Å²) in [4.78, 5) is 12.4. The van der Waals surface area contributed by atoms with Crippen molar-refractivity contribution in [1.82, 2.24) is 5.32 Å². The van der Waals surface area contributed by atoms with Crippen LogP contribution in [0.25, 0.3) is 0 Å². The van der Waals surface area contributed by atoms with Crippen LogP contribution in [0.4, 0.5) is 5.69 Å². The predicted molar refractivity (Wildman–Crippen MR) is 114 cm³/mol. The Kier molecular flexibility index (Phi) is 7.90. The molecule has 8 heteroatoms. The average molecular weight is 421 g/mol. The van der Waals surface area contributed by atoms with Crippen molar-refractivity contribution in [2.45, 2.75) is 26.8 Å². The van der Waals surface area contributed by atoms with Crippen molar-refractivity contribution in [3.05, 3.63) is 54.1 Å². The van der Waals surface area contributed by atoms with Gasteiger partial charge in [-0.15, -0.1) is 0 Å². The molecule has 0 unspecified atom stereocenters. The summed E-state index contributed by atoms with van der Waals surface area (Å²) in [6.07, 6.45) is 1.07. The lowest BCUT2D eigenvalue weighted by Crippen LogP contribution is -2.44. The zero-order valence-corrected chi connectivity index (χ0v) is 18.0. The number of hydrogen-bond acceptors (Lipinski definition) is 5. The fraction of sp³-hybridized carbons (Fsp3) is 0.381. The Labute approximate surface area is 172 Å². The molecule has 0 spiro atoms. The number of nitrogens with zero attached hydrogens (tertiary/aromatic N) is 1. The van der Waals surface area contributed by atoms with E-state index >= 15 is 0 Å². The van der Waals surface area contributed by atoms with Crippen molar-refractivity contribution < 1.29 is 22.7 Å². The maximum atomic E-state index is 12.4. The Morgan fingerprint density at radius 3 is 2.34 bits per heavy atom. The van der Waals surface area contributed by atoms with Gasteiger partial charge in [-0.1, -0.05) is 18.2 Å². The minimum absolute atomic E-state index is 0.276. The molecule has 0 saturated carbocycles. The third-order valence-electron chi connectivity index (χ3n) is 4.11. The fourth-order valence-electron chi connectivity index (χ4n) is 2.70. The molecular weight excluding hydrogens is 392 g/mol. The first kappa shape index (κ1) is 22.5. The number of nitrogens with one attached hydrogen (secondary N) is 1. The maximum Gasteiger partial charge on any atom is 0.241 e. The van der Waals surface area contributed by atoms with E-state index in [1.54, 1.807) is 31.2 Å². The van der Waals surface area contributed by atoms with E-state index in [1.807, 2.05) is 38.1 Å². The van der Waals surface area contributed by atoms with Gasteiger partial charge in [-0.05, 0) is 56.7 Å². The molecule has 0 bridgehead atoms. The summed E-state index contributed by atoms with van der Waals surface area (Å²) in [6.45, 7) is 6.09. The third kappa shape index (κ3) is 6.98. The van der Waals surface area contributed by atoms with E-state index in [-0.39, 0.29) is 19.2 Å². The number of benzene rings is 2. The summed E-state index contributed by atoms with van der Waals surface area (Å²) in [7, 11) is -3.63. The first-order valence-corrected chi connectivity index (χ1v) is 11.2. The second-order valence-electron chi connectivity index (χ2n) is 6.74. The van der Waals surface area contributed by atoms with Gasteiger partial charge in [0.2, 0.25) is 15.9 Å². The van der Waals surface area contributed by atoms with Gasteiger partial charge in [0.15, 0.2) is 0 Å². The van der Waals surface area contributed by atoms with Crippen LogP contribution in [-0.4, -0.2) is 46.4 Å². The summed E-state index contributed by atoms with van der Waals surface area (Å²) < 4.78 is 36.6. The highest BCUT2D eigenvalue weighted by Gasteiger charge is 2.22. The van der Waals surface area contributed by atoms with Gasteiger partial charge < -0.3 is 14.8 Å². The van der Waals surface area contributed by atoms with Crippen LogP contribution in [0.2, 0.25) is 0 Å². The highest BCUT2D eigenvalue weighted by Crippen LogP contribution is 2.21. The molecule has 2 aromatic rings. The monoisotopic (exact) mass is 420 g/mol. The fourth-order valence-corrected chi connectivity index (χ4v) is 3.56. The SMILES string of the molecule is CCOc1ccc(N(CC(=O)N[C@H](C)COc2ccccc2C)S(C)(=O)=O)cc1. The third-order valence-corrected chi connectivity index (χ3v) is 5.25. The molecule has 1 amide bonds. The van der Waals surface area contributed by atoms with Gasteiger partial charge in [0, 0.05) is 0 Å². The quantitative estimate of drug-likeness (QED) is 0.639. The normalized spacial score (nSPS) is 12.1. The van der Waals surface area contributed by atoms with Gasteiger partial charge in [-0.3, -0.25) is 9.10 Å². The van der Waals surface area contributed by atoms with Gasteiger partial charge in [0.25, 0.3) is 0 Å². The summed E-state index contributed by atoms with van der Waals surface area (Å²) in [6, 6.07) is 13.9. The summed E-state index contributed by atoms with van der Waals surface area (Å²) in [5.41, 5.74) is 1.40. The van der Waals surface area contributed by atoms with Crippen LogP contribution >= 0.6 is 0 Å². The molecule has 0 aliphatic carbocycles. The molecule has 158 valence electrons. The van der Waals surface area contributed by atoms with Crippen LogP contribution in [0, 0.1) is 6.92 Å². The van der Waals surface area contributed by atoms with Crippen molar-refractivity contribution >= 4 is 21.6 Å². The number of aryl methyl sites for hydroxylation is 1. The van der Waals surface area contributed by atoms with E-state index < -0.39 is 15.9 Å². The molecule has 2 aromatic carbocycles. The van der Waals surface area contributed by atoms with Crippen LogP contribution in [0.3, 0.4) is 0 Å². The number of anilines is 1. The highest BCUT2D eigenvalue weighted by atomic mass is 32.2. The molecule has 0 aromatic heterocycles. The highest BCUT2D eigenvalue weighted by molar-refractivity contribution is 7.92. The Balaban J connectivity index is 1.98. The molecule has 0 aliphatic heterocycles. The first-order chi connectivity index (χ1) is 13.7. The molecule has 0 aliphatic rings. The van der Waals surface area contributed by atoms with Crippen LogP contribution in [0.1, 0.15) is 19.4 Å². The van der Waals surface area contributed by atoms with Crippen LogP contribution in [-0.2, 0) is 14.8 Å². The number of ether oxygens (including phenoxy) is 2. The number of hydrogen-bond donors (Lipinski definition) is 1. The number of amides is 1. The van der Waals surface area contributed by atoms with Gasteiger partial charge in [-0.25, -0.2) is 8.42 Å². The van der Waals surface area contributed by atoms with Crippen molar-refractivity contribution in [2.75, 3.05) is 30.3 Å². The lowest BCUT2D eigenvalue weighted by atomic mass is 10.2. The molecule has 0 heterocycles. The zero-order chi connectivity index (χ0) is 21.4. The lowest BCUT2D eigenvalue weighted by molar-refractivity contribution is -0.120. The Morgan fingerprint density at radius 2 is 1.76 bits per heavy atom. The average Bonchev–Trinajstić information content (AvgIpc) is 2.66. The standard InChI is InChI=1S/C21H28N2O5S/c1-5-27-19-12-10-18(11-13-19)23(29(4,25)26)14-21(24)22-17(3)15-28-20-9-7-6-8-16(20)2/h6-13,17H,5,14-15H2,1-4H3,(H,22,24)/t17-/m1/s1. The topological polar surface area (TPSA) is 84.9 Å². The van der Waals surface area contributed by atoms with E-state index in [2.05, 4.69) is 5.32 Å². The van der Waals surface area contributed by atoms with Crippen molar-refractivity contribution in [2.24, 2.45) is 0 Å². The van der Waals surface area contributed by atoms with Crippen molar-refractivity contribution in [1.29, 1.82) is 0 Å². The van der Waals surface area contributed by atoms with E-state index in [1.165, 1.54) is 0 Å². The molecule has 0 saturated heterocycles. The van der Waals surface area contributed by atoms with Crippen molar-refractivity contribution in [3.63, 3.8) is 0 Å².